The van der Waals surface area contributed by atoms with E-state index in [1.54, 1.807) is 7.11 Å². The molecule has 0 amide bonds. The van der Waals surface area contributed by atoms with E-state index in [1.165, 1.54) is 11.1 Å². The predicted octanol–water partition coefficient (Wildman–Crippen LogP) is 4.08. The molecule has 0 aliphatic heterocycles. The van der Waals surface area contributed by atoms with E-state index in [2.05, 4.69) is 37.3 Å². The van der Waals surface area contributed by atoms with Crippen LogP contribution in [0.2, 0.25) is 0 Å². The number of benzene rings is 1. The molecule has 0 saturated heterocycles. The topological polar surface area (TPSA) is 9.23 Å². The lowest BCUT2D eigenvalue weighted by molar-refractivity contribution is 0.414. The molecule has 0 N–H and O–H groups in total. The van der Waals surface area contributed by atoms with E-state index in [1.807, 2.05) is 12.1 Å². The smallest absolute Gasteiger partial charge is 0.118 e. The second kappa shape index (κ2) is 5.02. The number of hydrogen-bond acceptors (Lipinski definition) is 1. The van der Waals surface area contributed by atoms with Crippen LogP contribution in [0.1, 0.15) is 31.2 Å². The Morgan fingerprint density at radius 1 is 1.25 bits per heavy atom. The van der Waals surface area contributed by atoms with Crippen LogP contribution in [0.3, 0.4) is 0 Å². The third kappa shape index (κ3) is 2.19. The largest absolute Gasteiger partial charge is 0.497 e. The molecule has 1 unspecified atom stereocenters. The third-order valence-corrected chi connectivity index (χ3v) is 3.13. The van der Waals surface area contributed by atoms with E-state index in [9.17, 15) is 0 Å². The van der Waals surface area contributed by atoms with Crippen LogP contribution in [0.4, 0.5) is 0 Å². The van der Waals surface area contributed by atoms with Gasteiger partial charge in [0.2, 0.25) is 0 Å². The summed E-state index contributed by atoms with van der Waals surface area (Å²) in [5.41, 5.74) is 2.83. The molecule has 1 aromatic rings. The SMILES string of the molecule is CCC(C1=CCC=C1)c1ccc(OC)cc1. The first-order chi connectivity index (χ1) is 7.85. The summed E-state index contributed by atoms with van der Waals surface area (Å²) in [6.07, 6.45) is 9.02. The number of methoxy groups -OCH3 is 1. The van der Waals surface area contributed by atoms with E-state index in [0.29, 0.717) is 5.92 Å². The van der Waals surface area contributed by atoms with Gasteiger partial charge < -0.3 is 4.74 Å². The van der Waals surface area contributed by atoms with E-state index in [4.69, 9.17) is 4.74 Å². The Morgan fingerprint density at radius 3 is 2.50 bits per heavy atom. The number of ether oxygens (including phenoxy) is 1. The Morgan fingerprint density at radius 2 is 2.00 bits per heavy atom. The van der Waals surface area contributed by atoms with Crippen molar-refractivity contribution >= 4 is 0 Å². The zero-order valence-corrected chi connectivity index (χ0v) is 9.94. The van der Waals surface area contributed by atoms with Gasteiger partial charge >= 0.3 is 0 Å². The summed E-state index contributed by atoms with van der Waals surface area (Å²) in [6.45, 7) is 2.24. The normalized spacial score (nSPS) is 16.0. The van der Waals surface area contributed by atoms with Gasteiger partial charge in [0.15, 0.2) is 0 Å². The van der Waals surface area contributed by atoms with Crippen molar-refractivity contribution in [2.24, 2.45) is 0 Å². The van der Waals surface area contributed by atoms with Crippen LogP contribution >= 0.6 is 0 Å². The summed E-state index contributed by atoms with van der Waals surface area (Å²) in [5, 5.41) is 0. The zero-order valence-electron chi connectivity index (χ0n) is 9.94. The lowest BCUT2D eigenvalue weighted by Crippen LogP contribution is -1.98. The molecule has 1 heteroatoms. The average molecular weight is 214 g/mol. The Balaban J connectivity index is 2.22. The molecule has 1 aromatic carbocycles. The minimum atomic E-state index is 0.532. The highest BCUT2D eigenvalue weighted by Gasteiger charge is 2.14. The molecule has 1 atom stereocenters. The van der Waals surface area contributed by atoms with Gasteiger partial charge in [-0.3, -0.25) is 0 Å². The van der Waals surface area contributed by atoms with Gasteiger partial charge in [0, 0.05) is 5.92 Å². The van der Waals surface area contributed by atoms with Crippen LogP contribution in [0.5, 0.6) is 5.75 Å². The Hall–Kier alpha value is -1.50. The van der Waals surface area contributed by atoms with Gasteiger partial charge in [-0.05, 0) is 36.1 Å². The molecule has 16 heavy (non-hydrogen) atoms. The van der Waals surface area contributed by atoms with Gasteiger partial charge in [0.25, 0.3) is 0 Å². The van der Waals surface area contributed by atoms with Crippen molar-refractivity contribution in [3.63, 3.8) is 0 Å². The molecular formula is C15H18O. The molecule has 0 heterocycles. The van der Waals surface area contributed by atoms with Crippen LogP contribution in [0.15, 0.2) is 48.1 Å². The molecule has 84 valence electrons. The van der Waals surface area contributed by atoms with E-state index >= 15 is 0 Å². The van der Waals surface area contributed by atoms with Gasteiger partial charge in [0.1, 0.15) is 5.75 Å². The molecule has 1 aliphatic carbocycles. The summed E-state index contributed by atoms with van der Waals surface area (Å²) in [7, 11) is 1.70. The standard InChI is InChI=1S/C15H18O/c1-3-15(12-6-4-5-7-12)13-8-10-14(16-2)11-9-13/h4,6-11,15H,3,5H2,1-2H3. The predicted molar refractivity (Wildman–Crippen MR) is 67.9 cm³/mol. The van der Waals surface area contributed by atoms with Gasteiger partial charge in [-0.2, -0.15) is 0 Å². The quantitative estimate of drug-likeness (QED) is 0.734. The van der Waals surface area contributed by atoms with Crippen molar-refractivity contribution < 1.29 is 4.74 Å². The fourth-order valence-electron chi connectivity index (χ4n) is 2.23. The molecule has 1 aliphatic rings. The van der Waals surface area contributed by atoms with E-state index < -0.39 is 0 Å². The summed E-state index contributed by atoms with van der Waals surface area (Å²) in [4.78, 5) is 0. The van der Waals surface area contributed by atoms with Gasteiger partial charge in [-0.15, -0.1) is 0 Å². The van der Waals surface area contributed by atoms with Crippen molar-refractivity contribution in [3.8, 4) is 5.75 Å². The average Bonchev–Trinajstić information content (AvgIpc) is 2.85. The Kier molecular flexibility index (Phi) is 3.45. The van der Waals surface area contributed by atoms with Gasteiger partial charge in [0.05, 0.1) is 7.11 Å². The number of allylic oxidation sites excluding steroid dienone is 4. The van der Waals surface area contributed by atoms with Crippen LogP contribution < -0.4 is 4.74 Å². The van der Waals surface area contributed by atoms with Crippen LogP contribution in [-0.2, 0) is 0 Å². The molecule has 2 rings (SSSR count). The maximum absolute atomic E-state index is 5.18. The summed E-state index contributed by atoms with van der Waals surface area (Å²) < 4.78 is 5.18. The molecule has 0 radical (unpaired) electrons. The highest BCUT2D eigenvalue weighted by atomic mass is 16.5. The van der Waals surface area contributed by atoms with Crippen molar-refractivity contribution in [3.05, 3.63) is 53.6 Å². The van der Waals surface area contributed by atoms with Gasteiger partial charge in [-0.25, -0.2) is 0 Å². The van der Waals surface area contributed by atoms with E-state index in [0.717, 1.165) is 18.6 Å². The molecule has 0 saturated carbocycles. The second-order valence-corrected chi connectivity index (χ2v) is 4.08. The maximum Gasteiger partial charge on any atom is 0.118 e. The first kappa shape index (κ1) is 11.0. The second-order valence-electron chi connectivity index (χ2n) is 4.08. The molecule has 0 aromatic heterocycles. The monoisotopic (exact) mass is 214 g/mol. The van der Waals surface area contributed by atoms with Crippen molar-refractivity contribution in [1.29, 1.82) is 0 Å². The maximum atomic E-state index is 5.18. The van der Waals surface area contributed by atoms with Crippen molar-refractivity contribution in [1.82, 2.24) is 0 Å². The summed E-state index contributed by atoms with van der Waals surface area (Å²) >= 11 is 0. The molecule has 0 bridgehead atoms. The van der Waals surface area contributed by atoms with Crippen LogP contribution in [0.25, 0.3) is 0 Å². The Labute approximate surface area is 97.4 Å². The third-order valence-electron chi connectivity index (χ3n) is 3.13. The lowest BCUT2D eigenvalue weighted by Gasteiger charge is -2.16. The van der Waals surface area contributed by atoms with Crippen LogP contribution in [0, 0.1) is 0 Å². The highest BCUT2D eigenvalue weighted by Crippen LogP contribution is 2.32. The minimum absolute atomic E-state index is 0.532. The fraction of sp³-hybridized carbons (Fsp3) is 0.333. The van der Waals surface area contributed by atoms with E-state index in [-0.39, 0.29) is 0 Å². The lowest BCUT2D eigenvalue weighted by atomic mass is 9.89. The molecule has 0 spiro atoms. The fourth-order valence-corrected chi connectivity index (χ4v) is 2.23. The molecule has 1 nitrogen and oxygen atoms in total. The first-order valence-electron chi connectivity index (χ1n) is 5.85. The van der Waals surface area contributed by atoms with Crippen LogP contribution in [-0.4, -0.2) is 7.11 Å². The molecule has 0 fully saturated rings. The van der Waals surface area contributed by atoms with Crippen molar-refractivity contribution in [2.75, 3.05) is 7.11 Å². The minimum Gasteiger partial charge on any atom is -0.497 e. The van der Waals surface area contributed by atoms with Crippen molar-refractivity contribution in [2.45, 2.75) is 25.7 Å². The molecular weight excluding hydrogens is 196 g/mol. The summed E-state index contributed by atoms with van der Waals surface area (Å²) in [6, 6.07) is 8.41. The Bertz CT molecular complexity index is 398. The van der Waals surface area contributed by atoms with Gasteiger partial charge in [-0.1, -0.05) is 37.3 Å². The first-order valence-corrected chi connectivity index (χ1v) is 5.85. The highest BCUT2D eigenvalue weighted by molar-refractivity contribution is 5.40. The number of rotatable bonds is 4. The zero-order chi connectivity index (χ0) is 11.4. The number of hydrogen-bond donors (Lipinski definition) is 0. The summed E-state index contributed by atoms with van der Waals surface area (Å²) in [5.74, 6) is 1.46.